The van der Waals surface area contributed by atoms with Crippen LogP contribution in [0, 0.1) is 32.0 Å². The van der Waals surface area contributed by atoms with Gasteiger partial charge < -0.3 is 13.7 Å². The molecule has 0 N–H and O–H groups in total. The topological polar surface area (TPSA) is 192 Å². The van der Waals surface area contributed by atoms with Crippen LogP contribution in [0.5, 0.6) is 0 Å². The minimum Gasteiger partial charge on any atom is -0.758 e. The summed E-state index contributed by atoms with van der Waals surface area (Å²) in [6, 6.07) is 0. The van der Waals surface area contributed by atoms with Gasteiger partial charge in [0.1, 0.15) is 0 Å². The second-order valence-corrected chi connectivity index (χ2v) is 16.3. The Labute approximate surface area is 209 Å². The molecule has 0 radical (unpaired) electrons. The number of thiocyanates is 3. The first-order chi connectivity index (χ1) is 8.44. The Morgan fingerprint density at radius 2 is 0.583 bits per heavy atom. The zero-order chi connectivity index (χ0) is 18.5. The molecule has 0 aromatic rings. The molecule has 0 aromatic heterocycles. The predicted molar refractivity (Wildman–Crippen MR) is 79.1 cm³/mol. The van der Waals surface area contributed by atoms with Gasteiger partial charge in [-0.15, -0.1) is 0 Å². The third-order valence-corrected chi connectivity index (χ3v) is 2.31. The molecule has 0 aliphatic heterocycles. The quantitative estimate of drug-likeness (QED) is 0.265. The maximum Gasteiger partial charge on any atom is 1.00 e. The van der Waals surface area contributed by atoms with Crippen LogP contribution in [-0.4, -0.2) is 63.8 Å². The van der Waals surface area contributed by atoms with E-state index in [0.29, 0.717) is 0 Å². The van der Waals surface area contributed by atoms with Crippen LogP contribution in [-0.2, 0) is 28.0 Å². The van der Waals surface area contributed by atoms with Gasteiger partial charge in [-0.25, -0.2) is 40.7 Å². The summed E-state index contributed by atoms with van der Waals surface area (Å²) in [5.41, 5.74) is 0. The second kappa shape index (κ2) is 11.6. The zero-order valence-electron chi connectivity index (χ0n) is 15.5. The minimum absolute atomic E-state index is 0. The van der Waals surface area contributed by atoms with Crippen molar-refractivity contribution in [2.45, 2.75) is 0 Å². The van der Waals surface area contributed by atoms with Crippen LogP contribution >= 0.6 is 0 Å². The number of hydrogen-bond donors (Lipinski definition) is 0. The number of nitrogens with zero attached hydrogens (tertiary/aromatic N) is 3. The smallest absolute Gasteiger partial charge is 0.758 e. The van der Waals surface area contributed by atoms with E-state index in [1.54, 1.807) is 0 Å². The summed E-state index contributed by atoms with van der Waals surface area (Å²) in [5.74, 6) is 0. The summed E-state index contributed by atoms with van der Waals surface area (Å²) < 4.78 is 61.4. The Kier molecular flexibility index (Phi) is 19.6. The van der Waals surface area contributed by atoms with E-state index >= 15 is 0 Å². The molecular formula is C9H18N3Na3O6S3. The molecular weight excluding hydrogens is 411 g/mol. The van der Waals surface area contributed by atoms with E-state index in [1.165, 1.54) is 16.2 Å². The van der Waals surface area contributed by atoms with E-state index < -0.39 is 28.0 Å². The molecule has 0 saturated carbocycles. The first kappa shape index (κ1) is 40.5. The number of nitriles is 3. The molecule has 0 rings (SSSR count). The third kappa shape index (κ3) is 65.0. The van der Waals surface area contributed by atoms with Crippen LogP contribution in [0.1, 0.15) is 0 Å². The number of sulfone groups is 9. The molecule has 24 heavy (non-hydrogen) atoms. The van der Waals surface area contributed by atoms with Crippen LogP contribution in [0.15, 0.2) is 0 Å². The Morgan fingerprint density at radius 3 is 0.583 bits per heavy atom. The normalized spacial score (nSPS) is 14.5. The van der Waals surface area contributed by atoms with Crippen molar-refractivity contribution in [1.29, 1.82) is 15.8 Å². The molecule has 0 bridgehead atoms. The molecule has 0 unspecified atom stereocenters. The summed E-state index contributed by atoms with van der Waals surface area (Å²) in [6.45, 7) is 0. The van der Waals surface area contributed by atoms with Gasteiger partial charge in [-0.1, -0.05) is 0 Å². The summed E-state index contributed by atoms with van der Waals surface area (Å²) >= 11 is 0. The third-order valence-electron chi connectivity index (χ3n) is 0.771. The standard InChI is InChI=1S/3C3H7NO2S.3Na/c3*1-7(2,5,6)3-4;;;/h3*1-2H3,(H,5,6);;;/q;;;3*+1/p-3. The van der Waals surface area contributed by atoms with Crippen LogP contribution in [0.3, 0.4) is 0 Å². The molecule has 0 atom stereocenters. The van der Waals surface area contributed by atoms with Crippen LogP contribution in [0.25, 0.3) is 0 Å². The number of rotatable bonds is 0. The fourth-order valence-corrected chi connectivity index (χ4v) is 0. The van der Waals surface area contributed by atoms with E-state index in [1.807, 2.05) is 0 Å². The van der Waals surface area contributed by atoms with E-state index in [4.69, 9.17) is 15.8 Å². The van der Waals surface area contributed by atoms with E-state index in [9.17, 15) is 26.3 Å². The van der Waals surface area contributed by atoms with Gasteiger partial charge >= 0.3 is 88.7 Å². The van der Waals surface area contributed by atoms with Crippen LogP contribution in [0.4, 0.5) is 0 Å². The predicted octanol–water partition coefficient (Wildman–Crippen LogP) is -9.96. The van der Waals surface area contributed by atoms with Gasteiger partial charge in [-0.2, -0.15) is 15.8 Å². The van der Waals surface area contributed by atoms with Crippen molar-refractivity contribution >= 4 is 28.0 Å². The molecule has 0 amide bonds. The molecule has 9 nitrogen and oxygen atoms in total. The monoisotopic (exact) mass is 429 g/mol. The van der Waals surface area contributed by atoms with Gasteiger partial charge in [0.05, 0.1) is 0 Å². The molecule has 0 heterocycles. The summed E-state index contributed by atoms with van der Waals surface area (Å²) in [5, 5.41) is 27.0. The molecule has 0 spiro atoms. The first-order valence-electron chi connectivity index (χ1n) is 4.73. The van der Waals surface area contributed by atoms with E-state index in [2.05, 4.69) is 0 Å². The fourth-order valence-electron chi connectivity index (χ4n) is 0. The Hall–Kier alpha value is 1.80. The summed E-state index contributed by atoms with van der Waals surface area (Å²) in [4.78, 5) is 0. The number of hydrogen-bond acceptors (Lipinski definition) is 9. The maximum atomic E-state index is 10.2. The molecule has 0 aromatic carbocycles. The van der Waals surface area contributed by atoms with Gasteiger partial charge in [0, 0.05) is 37.5 Å². The fraction of sp³-hybridized carbons (Fsp3) is 0.667. The van der Waals surface area contributed by atoms with E-state index in [0.717, 1.165) is 37.5 Å². The minimum atomic E-state index is -4.06. The molecule has 0 aliphatic carbocycles. The summed E-state index contributed by atoms with van der Waals surface area (Å²) in [6.07, 6.45) is 5.40. The maximum absolute atomic E-state index is 10.2. The summed E-state index contributed by atoms with van der Waals surface area (Å²) in [7, 11) is -12.2. The van der Waals surface area contributed by atoms with Gasteiger partial charge in [-0.3, -0.25) is 0 Å². The van der Waals surface area contributed by atoms with Gasteiger partial charge in [0.15, 0.2) is 16.2 Å². The van der Waals surface area contributed by atoms with Crippen molar-refractivity contribution in [3.8, 4) is 16.2 Å². The van der Waals surface area contributed by atoms with Crippen molar-refractivity contribution in [2.75, 3.05) is 37.5 Å². The van der Waals surface area contributed by atoms with Gasteiger partial charge in [-0.05, 0) is 0 Å². The van der Waals surface area contributed by atoms with Gasteiger partial charge in [0.25, 0.3) is 0 Å². The average Bonchev–Trinajstić information content (AvgIpc) is 2.13. The van der Waals surface area contributed by atoms with Crippen molar-refractivity contribution in [3.05, 3.63) is 0 Å². The molecule has 126 valence electrons. The molecule has 0 saturated heterocycles. The van der Waals surface area contributed by atoms with Crippen molar-refractivity contribution in [2.24, 2.45) is 0 Å². The van der Waals surface area contributed by atoms with Crippen LogP contribution in [0.2, 0.25) is 0 Å². The van der Waals surface area contributed by atoms with E-state index in [-0.39, 0.29) is 88.7 Å². The van der Waals surface area contributed by atoms with Crippen molar-refractivity contribution in [1.82, 2.24) is 0 Å². The Morgan fingerprint density at radius 1 is 0.542 bits per heavy atom. The molecule has 15 heteroatoms. The molecule has 0 fully saturated rings. The zero-order valence-corrected chi connectivity index (χ0v) is 24.0. The van der Waals surface area contributed by atoms with Crippen molar-refractivity contribution in [3.63, 3.8) is 0 Å². The Bertz CT molecular complexity index is 595. The SMILES string of the molecule is CS(C)(=O)([O-])C#N.CS(C)(=O)([O-])C#N.CS(C)(=O)([O-])C#N.[Na+].[Na+].[Na+]. The first-order valence-corrected chi connectivity index (χ1v) is 12.9. The second-order valence-electron chi connectivity index (χ2n) is 5.43. The van der Waals surface area contributed by atoms with Crippen molar-refractivity contribution < 1.29 is 115 Å². The largest absolute Gasteiger partial charge is 1.00 e. The average molecular weight is 429 g/mol. The molecule has 0 aliphatic rings. The Balaban J connectivity index is -0.0000000476. The van der Waals surface area contributed by atoms with Gasteiger partial charge in [0.2, 0.25) is 0 Å². The van der Waals surface area contributed by atoms with Crippen LogP contribution < -0.4 is 88.7 Å².